The summed E-state index contributed by atoms with van der Waals surface area (Å²) in [5.74, 6) is 3.92. The molecule has 0 aliphatic carbocycles. The van der Waals surface area contributed by atoms with Gasteiger partial charge in [-0.2, -0.15) is 0 Å². The molecule has 7 heteroatoms. The Kier molecular flexibility index (Phi) is 3.95. The number of hydrogen-bond acceptors (Lipinski definition) is 4. The molecule has 0 radical (unpaired) electrons. The molecule has 94 valence electrons. The highest BCUT2D eigenvalue weighted by molar-refractivity contribution is 9.10. The molecule has 0 bridgehead atoms. The van der Waals surface area contributed by atoms with Gasteiger partial charge in [-0.15, -0.1) is 0 Å². The van der Waals surface area contributed by atoms with Crippen LogP contribution in [-0.4, -0.2) is 9.97 Å². The average Bonchev–Trinajstić information content (AvgIpc) is 2.34. The van der Waals surface area contributed by atoms with E-state index in [2.05, 4.69) is 31.3 Å². The molecule has 1 atom stereocenters. The Bertz CT molecular complexity index is 527. The molecule has 2 rings (SSSR count). The van der Waals surface area contributed by atoms with Crippen LogP contribution in [0.15, 0.2) is 35.2 Å². The second-order valence-corrected chi connectivity index (χ2v) is 4.43. The smallest absolute Gasteiger partial charge is 0.132 e. The van der Waals surface area contributed by atoms with Crippen molar-refractivity contribution in [2.45, 2.75) is 6.04 Å². The van der Waals surface area contributed by atoms with Gasteiger partial charge in [0.2, 0.25) is 0 Å². The van der Waals surface area contributed by atoms with Gasteiger partial charge in [-0.1, -0.05) is 15.9 Å². The predicted octanol–water partition coefficient (Wildman–Crippen LogP) is 2.07. The maximum Gasteiger partial charge on any atom is 0.132 e. The van der Waals surface area contributed by atoms with Gasteiger partial charge in [0.25, 0.3) is 0 Å². The van der Waals surface area contributed by atoms with Crippen molar-refractivity contribution in [1.29, 1.82) is 0 Å². The van der Waals surface area contributed by atoms with E-state index in [4.69, 9.17) is 5.84 Å². The largest absolute Gasteiger partial charge is 0.271 e. The van der Waals surface area contributed by atoms with E-state index in [1.807, 2.05) is 0 Å². The molecule has 2 aromatic rings. The Balaban J connectivity index is 2.52. The molecule has 0 fully saturated rings. The fraction of sp³-hybridized carbons (Fsp3) is 0.0909. The van der Waals surface area contributed by atoms with Gasteiger partial charge in [-0.3, -0.25) is 15.8 Å². The van der Waals surface area contributed by atoms with E-state index in [1.54, 1.807) is 0 Å². The highest BCUT2D eigenvalue weighted by atomic mass is 79.9. The summed E-state index contributed by atoms with van der Waals surface area (Å²) in [7, 11) is 0. The molecule has 1 unspecified atom stereocenters. The standard InChI is InChI=1S/C11H9BrF2N4/c12-6-3-7(13)10(8(14)4-6)11(18-15)9-5-16-1-2-17-9/h1-5,11,18H,15H2. The van der Waals surface area contributed by atoms with E-state index < -0.39 is 17.7 Å². The van der Waals surface area contributed by atoms with E-state index in [9.17, 15) is 8.78 Å². The number of benzene rings is 1. The zero-order valence-corrected chi connectivity index (χ0v) is 10.7. The van der Waals surface area contributed by atoms with Crippen LogP contribution in [0.4, 0.5) is 8.78 Å². The molecule has 18 heavy (non-hydrogen) atoms. The summed E-state index contributed by atoms with van der Waals surface area (Å²) >= 11 is 3.01. The second kappa shape index (κ2) is 5.47. The minimum Gasteiger partial charge on any atom is -0.271 e. The van der Waals surface area contributed by atoms with Crippen molar-refractivity contribution in [3.63, 3.8) is 0 Å². The van der Waals surface area contributed by atoms with E-state index in [1.165, 1.54) is 30.7 Å². The maximum atomic E-state index is 13.8. The topological polar surface area (TPSA) is 63.8 Å². The van der Waals surface area contributed by atoms with Crippen LogP contribution in [0.3, 0.4) is 0 Å². The average molecular weight is 315 g/mol. The summed E-state index contributed by atoms with van der Waals surface area (Å²) in [6, 6.07) is 1.44. The molecule has 3 N–H and O–H groups in total. The van der Waals surface area contributed by atoms with Crippen molar-refractivity contribution in [1.82, 2.24) is 15.4 Å². The van der Waals surface area contributed by atoms with Crippen molar-refractivity contribution < 1.29 is 8.78 Å². The lowest BCUT2D eigenvalue weighted by Crippen LogP contribution is -2.31. The lowest BCUT2D eigenvalue weighted by molar-refractivity contribution is 0.503. The highest BCUT2D eigenvalue weighted by Gasteiger charge is 2.22. The van der Waals surface area contributed by atoms with Crippen molar-refractivity contribution >= 4 is 15.9 Å². The van der Waals surface area contributed by atoms with Crippen LogP contribution in [0.2, 0.25) is 0 Å². The minimum absolute atomic E-state index is 0.193. The fourth-order valence-electron chi connectivity index (χ4n) is 1.61. The highest BCUT2D eigenvalue weighted by Crippen LogP contribution is 2.27. The summed E-state index contributed by atoms with van der Waals surface area (Å²) in [4.78, 5) is 7.82. The molecule has 1 heterocycles. The van der Waals surface area contributed by atoms with E-state index in [0.717, 1.165) is 0 Å². The van der Waals surface area contributed by atoms with Crippen LogP contribution in [0.25, 0.3) is 0 Å². The predicted molar refractivity (Wildman–Crippen MR) is 65.3 cm³/mol. The van der Waals surface area contributed by atoms with Gasteiger partial charge in [0.15, 0.2) is 0 Å². The zero-order chi connectivity index (χ0) is 13.1. The normalized spacial score (nSPS) is 12.4. The van der Waals surface area contributed by atoms with Gasteiger partial charge >= 0.3 is 0 Å². The van der Waals surface area contributed by atoms with Gasteiger partial charge < -0.3 is 0 Å². The zero-order valence-electron chi connectivity index (χ0n) is 9.07. The Morgan fingerprint density at radius 3 is 2.39 bits per heavy atom. The van der Waals surface area contributed by atoms with Gasteiger partial charge in [-0.05, 0) is 12.1 Å². The third kappa shape index (κ3) is 2.53. The van der Waals surface area contributed by atoms with Crippen molar-refractivity contribution in [2.75, 3.05) is 0 Å². The number of nitrogens with two attached hydrogens (primary N) is 1. The first-order chi connectivity index (χ1) is 8.63. The van der Waals surface area contributed by atoms with E-state index in [-0.39, 0.29) is 5.56 Å². The monoisotopic (exact) mass is 314 g/mol. The number of hydrazine groups is 1. The van der Waals surface area contributed by atoms with Crippen LogP contribution >= 0.6 is 15.9 Å². The molecular weight excluding hydrogens is 306 g/mol. The maximum absolute atomic E-state index is 13.8. The first kappa shape index (κ1) is 13.0. The molecule has 1 aromatic carbocycles. The molecule has 0 spiro atoms. The van der Waals surface area contributed by atoms with E-state index in [0.29, 0.717) is 10.2 Å². The van der Waals surface area contributed by atoms with Gasteiger partial charge in [0, 0.05) is 22.4 Å². The third-order valence-corrected chi connectivity index (χ3v) is 2.84. The molecule has 0 aliphatic rings. The SMILES string of the molecule is NNC(c1cnccn1)c1c(F)cc(Br)cc1F. The molecule has 4 nitrogen and oxygen atoms in total. The Morgan fingerprint density at radius 1 is 1.22 bits per heavy atom. The summed E-state index contributed by atoms with van der Waals surface area (Å²) in [5.41, 5.74) is 2.48. The van der Waals surface area contributed by atoms with Crippen LogP contribution in [-0.2, 0) is 0 Å². The Morgan fingerprint density at radius 2 is 1.89 bits per heavy atom. The molecule has 1 aromatic heterocycles. The first-order valence-electron chi connectivity index (χ1n) is 5.00. The fourth-order valence-corrected chi connectivity index (χ4v) is 2.01. The van der Waals surface area contributed by atoms with E-state index >= 15 is 0 Å². The molecule has 0 amide bonds. The molecule has 0 aliphatic heterocycles. The third-order valence-electron chi connectivity index (χ3n) is 2.38. The number of nitrogens with zero attached hydrogens (tertiary/aromatic N) is 2. The number of halogens is 3. The van der Waals surface area contributed by atoms with Gasteiger partial charge in [0.05, 0.1) is 17.9 Å². The number of nitrogens with one attached hydrogen (secondary N) is 1. The minimum atomic E-state index is -0.896. The Hall–Kier alpha value is -1.44. The van der Waals surface area contributed by atoms with Crippen LogP contribution in [0.1, 0.15) is 17.3 Å². The van der Waals surface area contributed by atoms with Crippen LogP contribution in [0.5, 0.6) is 0 Å². The first-order valence-corrected chi connectivity index (χ1v) is 5.79. The molecule has 0 saturated heterocycles. The summed E-state index contributed by atoms with van der Waals surface area (Å²) < 4.78 is 28.0. The summed E-state index contributed by atoms with van der Waals surface area (Å²) in [5, 5.41) is 0. The van der Waals surface area contributed by atoms with Crippen molar-refractivity contribution in [3.8, 4) is 0 Å². The summed E-state index contributed by atoms with van der Waals surface area (Å²) in [6.07, 6.45) is 4.28. The number of rotatable bonds is 3. The van der Waals surface area contributed by atoms with Crippen molar-refractivity contribution in [3.05, 3.63) is 58.1 Å². The Labute approximate surface area is 110 Å². The van der Waals surface area contributed by atoms with Crippen molar-refractivity contribution in [2.24, 2.45) is 5.84 Å². The summed E-state index contributed by atoms with van der Waals surface area (Å²) in [6.45, 7) is 0. The molecule has 0 saturated carbocycles. The lowest BCUT2D eigenvalue weighted by Gasteiger charge is -2.17. The molecular formula is C11H9BrF2N4. The number of hydrogen-bond donors (Lipinski definition) is 2. The lowest BCUT2D eigenvalue weighted by atomic mass is 10.0. The number of aromatic nitrogens is 2. The second-order valence-electron chi connectivity index (χ2n) is 3.51. The van der Waals surface area contributed by atoms with Crippen LogP contribution < -0.4 is 11.3 Å². The van der Waals surface area contributed by atoms with Gasteiger partial charge in [-0.25, -0.2) is 14.2 Å². The van der Waals surface area contributed by atoms with Gasteiger partial charge in [0.1, 0.15) is 11.6 Å². The van der Waals surface area contributed by atoms with Crippen LogP contribution in [0, 0.1) is 11.6 Å². The quantitative estimate of drug-likeness (QED) is 0.672.